The number of ether oxygens (including phenoxy) is 2. The predicted octanol–water partition coefficient (Wildman–Crippen LogP) is 0.902. The van der Waals surface area contributed by atoms with Crippen LogP contribution < -0.4 is 31.4 Å². The van der Waals surface area contributed by atoms with E-state index in [1.807, 2.05) is 54.6 Å². The smallest absolute Gasteiger partial charge is 0.330 e. The lowest BCUT2D eigenvalue weighted by Crippen LogP contribution is -2.45. The minimum atomic E-state index is -0.717. The Morgan fingerprint density at radius 2 is 1.76 bits per heavy atom. The third kappa shape index (κ3) is 4.96. The zero-order valence-electron chi connectivity index (χ0n) is 19.1. The van der Waals surface area contributed by atoms with Crippen molar-refractivity contribution in [2.75, 3.05) is 44.4 Å². The van der Waals surface area contributed by atoms with Gasteiger partial charge < -0.3 is 20.1 Å². The number of anilines is 2. The van der Waals surface area contributed by atoms with Gasteiger partial charge in [-0.2, -0.15) is 0 Å². The fourth-order valence-electron chi connectivity index (χ4n) is 3.85. The number of H-pyrrole nitrogens is 1. The molecule has 1 aliphatic rings. The second-order valence-corrected chi connectivity index (χ2v) is 8.21. The van der Waals surface area contributed by atoms with E-state index in [0.29, 0.717) is 24.7 Å². The topological polar surface area (TPSA) is 123 Å². The van der Waals surface area contributed by atoms with Gasteiger partial charge in [0.15, 0.2) is 17.2 Å². The maximum atomic E-state index is 13.0. The minimum absolute atomic E-state index is 0.00863. The van der Waals surface area contributed by atoms with Crippen LogP contribution in [0.3, 0.4) is 0 Å². The van der Waals surface area contributed by atoms with Crippen LogP contribution in [0.4, 0.5) is 11.5 Å². The summed E-state index contributed by atoms with van der Waals surface area (Å²) >= 11 is 0. The van der Waals surface area contributed by atoms with Gasteiger partial charge in [0.2, 0.25) is 5.91 Å². The summed E-state index contributed by atoms with van der Waals surface area (Å²) in [7, 11) is 3.24. The largest absolute Gasteiger partial charge is 0.486 e. The standard InChI is InChI=1S/C24H27N5O5/c1-27(13-17-15-33-18-10-6-7-11-19(18)34-17)14-20(30)28(2)21-22(25)29(24(32)26-23(21)31)12-16-8-4-3-5-9-16/h3-11,17H,12-15,25H2,1-2H3,(H,26,31,32)/t17-/m0/s1. The Kier molecular flexibility index (Phi) is 6.69. The summed E-state index contributed by atoms with van der Waals surface area (Å²) in [5.74, 6) is 0.923. The number of aromatic amines is 1. The quantitative estimate of drug-likeness (QED) is 0.532. The number of nitrogen functional groups attached to an aromatic ring is 1. The molecule has 0 saturated carbocycles. The Bertz CT molecular complexity index is 1290. The van der Waals surface area contributed by atoms with Gasteiger partial charge in [0.1, 0.15) is 18.5 Å². The number of likely N-dealkylation sites (N-methyl/N-ethyl adjacent to an activating group) is 2. The number of carbonyl (C=O) groups excluding carboxylic acids is 1. The van der Waals surface area contributed by atoms with Crippen molar-refractivity contribution in [3.05, 3.63) is 81.0 Å². The Hall–Kier alpha value is -4.05. The Morgan fingerprint density at radius 3 is 2.50 bits per heavy atom. The van der Waals surface area contributed by atoms with E-state index in [4.69, 9.17) is 15.2 Å². The molecule has 4 rings (SSSR count). The SMILES string of the molecule is CN(CC(=O)N(C)c1c(N)n(Cc2ccccc2)c(=O)[nH]c1=O)C[C@H]1COc2ccccc2O1. The van der Waals surface area contributed by atoms with Crippen molar-refractivity contribution in [3.8, 4) is 11.5 Å². The van der Waals surface area contributed by atoms with Crippen LogP contribution in [0.2, 0.25) is 0 Å². The molecule has 0 unspecified atom stereocenters. The van der Waals surface area contributed by atoms with E-state index in [2.05, 4.69) is 4.98 Å². The molecule has 1 aliphatic heterocycles. The highest BCUT2D eigenvalue weighted by Gasteiger charge is 2.25. The first-order chi connectivity index (χ1) is 16.3. The predicted molar refractivity (Wildman–Crippen MR) is 129 cm³/mol. The molecule has 10 nitrogen and oxygen atoms in total. The second-order valence-electron chi connectivity index (χ2n) is 8.21. The van der Waals surface area contributed by atoms with Crippen LogP contribution in [0.1, 0.15) is 5.56 Å². The molecule has 0 radical (unpaired) electrons. The van der Waals surface area contributed by atoms with Crippen LogP contribution in [0.25, 0.3) is 0 Å². The van der Waals surface area contributed by atoms with E-state index in [-0.39, 0.29) is 36.6 Å². The molecule has 0 spiro atoms. The number of aromatic nitrogens is 2. The molecule has 1 atom stereocenters. The summed E-state index contributed by atoms with van der Waals surface area (Å²) in [4.78, 5) is 43.1. The van der Waals surface area contributed by atoms with E-state index >= 15 is 0 Å². The first-order valence-corrected chi connectivity index (χ1v) is 10.8. The number of rotatable bonds is 7. The fourth-order valence-corrected chi connectivity index (χ4v) is 3.85. The van der Waals surface area contributed by atoms with Gasteiger partial charge in [0.05, 0.1) is 13.1 Å². The lowest BCUT2D eigenvalue weighted by Gasteiger charge is -2.30. The molecule has 0 saturated heterocycles. The Morgan fingerprint density at radius 1 is 1.09 bits per heavy atom. The Balaban J connectivity index is 1.45. The van der Waals surface area contributed by atoms with Crippen LogP contribution in [0, 0.1) is 0 Å². The molecule has 2 aromatic carbocycles. The summed E-state index contributed by atoms with van der Waals surface area (Å²) in [5.41, 5.74) is 5.61. The zero-order chi connectivity index (χ0) is 24.2. The maximum Gasteiger partial charge on any atom is 0.330 e. The average Bonchev–Trinajstić information content (AvgIpc) is 2.82. The molecular formula is C24H27N5O5. The second kappa shape index (κ2) is 9.84. The van der Waals surface area contributed by atoms with Gasteiger partial charge in [0, 0.05) is 13.6 Å². The molecule has 0 bridgehead atoms. The van der Waals surface area contributed by atoms with Gasteiger partial charge in [-0.05, 0) is 24.7 Å². The van der Waals surface area contributed by atoms with Gasteiger partial charge in [-0.1, -0.05) is 42.5 Å². The highest BCUT2D eigenvalue weighted by molar-refractivity contribution is 5.96. The summed E-state index contributed by atoms with van der Waals surface area (Å²) in [6.45, 7) is 0.974. The van der Waals surface area contributed by atoms with Crippen LogP contribution in [0.5, 0.6) is 11.5 Å². The molecule has 2 heterocycles. The third-order valence-corrected chi connectivity index (χ3v) is 5.60. The highest BCUT2D eigenvalue weighted by atomic mass is 16.6. The highest BCUT2D eigenvalue weighted by Crippen LogP contribution is 2.31. The van der Waals surface area contributed by atoms with E-state index < -0.39 is 11.2 Å². The van der Waals surface area contributed by atoms with Gasteiger partial charge in [0.25, 0.3) is 5.56 Å². The molecule has 178 valence electrons. The van der Waals surface area contributed by atoms with Crippen LogP contribution in [-0.2, 0) is 11.3 Å². The normalized spacial score (nSPS) is 14.7. The van der Waals surface area contributed by atoms with Crippen molar-refractivity contribution in [2.45, 2.75) is 12.6 Å². The molecule has 1 aromatic heterocycles. The lowest BCUT2D eigenvalue weighted by atomic mass is 10.2. The number of nitrogens with two attached hydrogens (primary N) is 1. The van der Waals surface area contributed by atoms with Gasteiger partial charge in [-0.15, -0.1) is 0 Å². The summed E-state index contributed by atoms with van der Waals surface area (Å²) < 4.78 is 12.9. The van der Waals surface area contributed by atoms with Gasteiger partial charge in [-0.3, -0.25) is 24.0 Å². The van der Waals surface area contributed by atoms with Crippen molar-refractivity contribution in [1.82, 2.24) is 14.5 Å². The molecule has 34 heavy (non-hydrogen) atoms. The van der Waals surface area contributed by atoms with E-state index in [1.54, 1.807) is 11.9 Å². The molecular weight excluding hydrogens is 438 g/mol. The minimum Gasteiger partial charge on any atom is -0.486 e. The molecule has 1 amide bonds. The number of hydrogen-bond acceptors (Lipinski definition) is 7. The van der Waals surface area contributed by atoms with E-state index in [9.17, 15) is 14.4 Å². The molecule has 3 aromatic rings. The third-order valence-electron chi connectivity index (χ3n) is 5.60. The van der Waals surface area contributed by atoms with Crippen LogP contribution in [-0.4, -0.2) is 60.3 Å². The molecule has 0 aliphatic carbocycles. The van der Waals surface area contributed by atoms with Crippen molar-refractivity contribution in [3.63, 3.8) is 0 Å². The number of fused-ring (bicyclic) bond motifs is 1. The van der Waals surface area contributed by atoms with Gasteiger partial charge in [-0.25, -0.2) is 4.79 Å². The van der Waals surface area contributed by atoms with Crippen LogP contribution in [0.15, 0.2) is 64.2 Å². The number of para-hydroxylation sites is 2. The lowest BCUT2D eigenvalue weighted by molar-refractivity contribution is -0.119. The number of benzene rings is 2. The van der Waals surface area contributed by atoms with Crippen molar-refractivity contribution < 1.29 is 14.3 Å². The first kappa shape index (κ1) is 23.1. The first-order valence-electron chi connectivity index (χ1n) is 10.8. The van der Waals surface area contributed by atoms with Crippen molar-refractivity contribution in [2.24, 2.45) is 0 Å². The average molecular weight is 466 g/mol. The molecule has 10 heteroatoms. The fraction of sp³-hybridized carbons (Fsp3) is 0.292. The molecule has 0 fully saturated rings. The van der Waals surface area contributed by atoms with Crippen molar-refractivity contribution in [1.29, 1.82) is 0 Å². The Labute approximate surface area is 196 Å². The number of nitrogens with one attached hydrogen (secondary N) is 1. The summed E-state index contributed by atoms with van der Waals surface area (Å²) in [6, 6.07) is 16.6. The number of hydrogen-bond donors (Lipinski definition) is 2. The van der Waals surface area contributed by atoms with Crippen LogP contribution >= 0.6 is 0 Å². The zero-order valence-corrected chi connectivity index (χ0v) is 19.1. The summed E-state index contributed by atoms with van der Waals surface area (Å²) in [6.07, 6.45) is -0.251. The number of amides is 1. The number of carbonyl (C=O) groups is 1. The van der Waals surface area contributed by atoms with E-state index in [1.165, 1.54) is 16.5 Å². The summed E-state index contributed by atoms with van der Waals surface area (Å²) in [5, 5.41) is 0. The van der Waals surface area contributed by atoms with Gasteiger partial charge >= 0.3 is 5.69 Å². The number of nitrogens with zero attached hydrogens (tertiary/aromatic N) is 3. The van der Waals surface area contributed by atoms with E-state index in [0.717, 1.165) is 5.56 Å². The maximum absolute atomic E-state index is 13.0. The molecule has 3 N–H and O–H groups in total. The van der Waals surface area contributed by atoms with Crippen molar-refractivity contribution >= 4 is 17.4 Å². The monoisotopic (exact) mass is 465 g/mol.